The minimum Gasteiger partial charge on any atom is -0.448 e. The second-order valence-corrected chi connectivity index (χ2v) is 1.16. The summed E-state index contributed by atoms with van der Waals surface area (Å²) in [5.41, 5.74) is 0. The molecule has 0 rings (SSSR count). The Hall–Kier alpha value is -0.730. The summed E-state index contributed by atoms with van der Waals surface area (Å²) < 4.78 is 15.7. The lowest BCUT2D eigenvalue weighted by Gasteiger charge is -2.02. The standard InChI is InChI=1S/C5H10FNO/c1-3-5(7-2)8-4-6/h3,7H,4H2,1-2H3/b5-3+. The van der Waals surface area contributed by atoms with Gasteiger partial charge in [0.15, 0.2) is 5.88 Å². The van der Waals surface area contributed by atoms with Crippen LogP contribution < -0.4 is 5.32 Å². The van der Waals surface area contributed by atoms with Crippen LogP contribution in [-0.4, -0.2) is 13.9 Å². The quantitative estimate of drug-likeness (QED) is 0.560. The third kappa shape index (κ3) is 2.44. The molecule has 0 saturated heterocycles. The van der Waals surface area contributed by atoms with Gasteiger partial charge in [-0.15, -0.1) is 0 Å². The fourth-order valence-electron chi connectivity index (χ4n) is 0.359. The number of hydrogen-bond donors (Lipinski definition) is 1. The average molecular weight is 119 g/mol. The summed E-state index contributed by atoms with van der Waals surface area (Å²) in [5.74, 6) is 0.465. The van der Waals surface area contributed by atoms with Crippen LogP contribution in [0, 0.1) is 0 Å². The summed E-state index contributed by atoms with van der Waals surface area (Å²) in [6.07, 6.45) is 1.65. The van der Waals surface area contributed by atoms with E-state index in [1.54, 1.807) is 20.0 Å². The minimum atomic E-state index is -0.777. The Labute approximate surface area is 48.3 Å². The van der Waals surface area contributed by atoms with Gasteiger partial charge >= 0.3 is 0 Å². The molecule has 0 radical (unpaired) electrons. The zero-order valence-corrected chi connectivity index (χ0v) is 5.07. The highest BCUT2D eigenvalue weighted by molar-refractivity contribution is 4.84. The van der Waals surface area contributed by atoms with E-state index >= 15 is 0 Å². The van der Waals surface area contributed by atoms with E-state index in [1.807, 2.05) is 0 Å². The first-order valence-electron chi connectivity index (χ1n) is 2.38. The molecule has 0 aliphatic carbocycles. The normalized spacial score (nSPS) is 11.1. The number of alkyl halides is 1. The van der Waals surface area contributed by atoms with Gasteiger partial charge < -0.3 is 10.1 Å². The summed E-state index contributed by atoms with van der Waals surface area (Å²) in [6, 6.07) is 0. The van der Waals surface area contributed by atoms with Gasteiger partial charge in [-0.3, -0.25) is 0 Å². The number of ether oxygens (including phenoxy) is 1. The van der Waals surface area contributed by atoms with Crippen molar-refractivity contribution in [2.24, 2.45) is 0 Å². The van der Waals surface area contributed by atoms with E-state index in [2.05, 4.69) is 10.1 Å². The zero-order valence-electron chi connectivity index (χ0n) is 5.07. The molecule has 0 saturated carbocycles. The molecule has 0 aliphatic rings. The van der Waals surface area contributed by atoms with Crippen molar-refractivity contribution < 1.29 is 9.13 Å². The molecule has 0 heterocycles. The first-order chi connectivity index (χ1) is 3.85. The lowest BCUT2D eigenvalue weighted by atomic mass is 10.6. The second-order valence-electron chi connectivity index (χ2n) is 1.16. The van der Waals surface area contributed by atoms with Crippen LogP contribution in [0.2, 0.25) is 0 Å². The molecule has 0 spiro atoms. The van der Waals surface area contributed by atoms with Gasteiger partial charge in [0.2, 0.25) is 6.86 Å². The monoisotopic (exact) mass is 119 g/mol. The Balaban J connectivity index is 3.38. The highest BCUT2D eigenvalue weighted by Crippen LogP contribution is 1.88. The number of nitrogens with one attached hydrogen (secondary N) is 1. The molecule has 3 heteroatoms. The lowest BCUT2D eigenvalue weighted by Crippen LogP contribution is -2.08. The number of allylic oxidation sites excluding steroid dienone is 1. The molecule has 0 bridgehead atoms. The molecule has 8 heavy (non-hydrogen) atoms. The fraction of sp³-hybridized carbons (Fsp3) is 0.600. The number of halogens is 1. The van der Waals surface area contributed by atoms with Crippen LogP contribution in [0.3, 0.4) is 0 Å². The summed E-state index contributed by atoms with van der Waals surface area (Å²) in [4.78, 5) is 0. The molecule has 0 aromatic rings. The number of rotatable bonds is 3. The Bertz CT molecular complexity index is 82.5. The zero-order chi connectivity index (χ0) is 6.41. The van der Waals surface area contributed by atoms with Crippen LogP contribution in [0.25, 0.3) is 0 Å². The first kappa shape index (κ1) is 7.27. The Morgan fingerprint density at radius 1 is 1.88 bits per heavy atom. The smallest absolute Gasteiger partial charge is 0.230 e. The van der Waals surface area contributed by atoms with Crippen LogP contribution in [-0.2, 0) is 4.74 Å². The largest absolute Gasteiger partial charge is 0.448 e. The molecular weight excluding hydrogens is 109 g/mol. The van der Waals surface area contributed by atoms with Gasteiger partial charge in [-0.05, 0) is 13.0 Å². The molecule has 2 nitrogen and oxygen atoms in total. The van der Waals surface area contributed by atoms with Crippen LogP contribution in [0.15, 0.2) is 12.0 Å². The van der Waals surface area contributed by atoms with Gasteiger partial charge in [0.05, 0.1) is 0 Å². The van der Waals surface area contributed by atoms with Crippen LogP contribution in [0.1, 0.15) is 6.92 Å². The number of hydrogen-bond acceptors (Lipinski definition) is 2. The summed E-state index contributed by atoms with van der Waals surface area (Å²) >= 11 is 0. The van der Waals surface area contributed by atoms with E-state index in [1.165, 1.54) is 0 Å². The van der Waals surface area contributed by atoms with Crippen molar-refractivity contribution in [1.82, 2.24) is 5.32 Å². The van der Waals surface area contributed by atoms with Crippen molar-refractivity contribution in [3.8, 4) is 0 Å². The van der Waals surface area contributed by atoms with E-state index in [-0.39, 0.29) is 0 Å². The molecule has 0 fully saturated rings. The topological polar surface area (TPSA) is 21.3 Å². The van der Waals surface area contributed by atoms with Crippen molar-refractivity contribution >= 4 is 0 Å². The van der Waals surface area contributed by atoms with Gasteiger partial charge in [-0.2, -0.15) is 0 Å². The van der Waals surface area contributed by atoms with E-state index < -0.39 is 6.86 Å². The maximum absolute atomic E-state index is 11.3. The van der Waals surface area contributed by atoms with Crippen molar-refractivity contribution in [3.63, 3.8) is 0 Å². The van der Waals surface area contributed by atoms with Gasteiger partial charge in [-0.25, -0.2) is 4.39 Å². The molecule has 1 N–H and O–H groups in total. The van der Waals surface area contributed by atoms with Gasteiger partial charge in [0.25, 0.3) is 0 Å². The van der Waals surface area contributed by atoms with Crippen molar-refractivity contribution in [1.29, 1.82) is 0 Å². The van der Waals surface area contributed by atoms with Crippen LogP contribution in [0.5, 0.6) is 0 Å². The summed E-state index contributed by atoms with van der Waals surface area (Å²) in [7, 11) is 1.67. The van der Waals surface area contributed by atoms with Gasteiger partial charge in [0, 0.05) is 7.05 Å². The summed E-state index contributed by atoms with van der Waals surface area (Å²) in [6.45, 7) is 0.988. The average Bonchev–Trinajstić information content (AvgIpc) is 1.83. The van der Waals surface area contributed by atoms with Crippen LogP contribution in [0.4, 0.5) is 4.39 Å². The van der Waals surface area contributed by atoms with Crippen molar-refractivity contribution in [2.45, 2.75) is 6.92 Å². The molecule has 0 aromatic carbocycles. The van der Waals surface area contributed by atoms with Crippen molar-refractivity contribution in [2.75, 3.05) is 13.9 Å². The predicted molar refractivity (Wildman–Crippen MR) is 29.9 cm³/mol. The third-order valence-electron chi connectivity index (χ3n) is 0.719. The van der Waals surface area contributed by atoms with E-state index in [9.17, 15) is 4.39 Å². The summed E-state index contributed by atoms with van der Waals surface area (Å²) in [5, 5.41) is 2.65. The van der Waals surface area contributed by atoms with Gasteiger partial charge in [0.1, 0.15) is 0 Å². The van der Waals surface area contributed by atoms with Gasteiger partial charge in [-0.1, -0.05) is 0 Å². The molecule has 0 amide bonds. The highest BCUT2D eigenvalue weighted by Gasteiger charge is 1.86. The molecule has 0 unspecified atom stereocenters. The van der Waals surface area contributed by atoms with Crippen molar-refractivity contribution in [3.05, 3.63) is 12.0 Å². The molecule has 48 valence electrons. The fourth-order valence-corrected chi connectivity index (χ4v) is 0.359. The second kappa shape index (κ2) is 4.43. The maximum atomic E-state index is 11.3. The minimum absolute atomic E-state index is 0.465. The molecule has 0 aliphatic heterocycles. The molecule has 0 aromatic heterocycles. The Morgan fingerprint density at radius 2 is 2.50 bits per heavy atom. The highest BCUT2D eigenvalue weighted by atomic mass is 19.1. The third-order valence-corrected chi connectivity index (χ3v) is 0.719. The molecular formula is C5H10FNO. The Kier molecular flexibility index (Phi) is 4.03. The maximum Gasteiger partial charge on any atom is 0.230 e. The predicted octanol–water partition coefficient (Wildman–Crippen LogP) is 1.01. The Morgan fingerprint density at radius 3 is 2.62 bits per heavy atom. The van der Waals surface area contributed by atoms with E-state index in [0.29, 0.717) is 5.88 Å². The SMILES string of the molecule is C/C=C(\NC)OCF. The lowest BCUT2D eigenvalue weighted by molar-refractivity contribution is 0.104. The molecule has 0 atom stereocenters. The first-order valence-corrected chi connectivity index (χ1v) is 2.38. The van der Waals surface area contributed by atoms with Crippen LogP contribution >= 0.6 is 0 Å². The van der Waals surface area contributed by atoms with E-state index in [0.717, 1.165) is 0 Å². The van der Waals surface area contributed by atoms with E-state index in [4.69, 9.17) is 0 Å².